The van der Waals surface area contributed by atoms with Gasteiger partial charge in [0.1, 0.15) is 5.60 Å². The van der Waals surface area contributed by atoms with Gasteiger partial charge in [-0.25, -0.2) is 0 Å². The van der Waals surface area contributed by atoms with Crippen molar-refractivity contribution in [3.63, 3.8) is 0 Å². The third-order valence-electron chi connectivity index (χ3n) is 4.35. The van der Waals surface area contributed by atoms with Crippen LogP contribution in [0.4, 0.5) is 0 Å². The molecule has 0 bridgehead atoms. The second-order valence-electron chi connectivity index (χ2n) is 7.06. The average molecular weight is 270 g/mol. The van der Waals surface area contributed by atoms with E-state index >= 15 is 0 Å². The van der Waals surface area contributed by atoms with Gasteiger partial charge in [0.2, 0.25) is 0 Å². The topological polar surface area (TPSA) is 46.5 Å². The van der Waals surface area contributed by atoms with Crippen molar-refractivity contribution in [3.05, 3.63) is 0 Å². The molecule has 0 amide bonds. The minimum atomic E-state index is -0.883. The summed E-state index contributed by atoms with van der Waals surface area (Å²) in [5, 5.41) is 10.8. The second kappa shape index (κ2) is 6.25. The van der Waals surface area contributed by atoms with Crippen molar-refractivity contribution in [1.29, 1.82) is 0 Å². The number of hydrogen-bond donors (Lipinski definition) is 1. The number of carbonyl (C=O) groups excluding carboxylic acids is 1. The highest BCUT2D eigenvalue weighted by Gasteiger charge is 2.41. The fourth-order valence-corrected chi connectivity index (χ4v) is 2.87. The molecule has 1 aliphatic carbocycles. The van der Waals surface area contributed by atoms with Gasteiger partial charge in [0.05, 0.1) is 11.5 Å². The molecule has 3 unspecified atom stereocenters. The summed E-state index contributed by atoms with van der Waals surface area (Å²) in [6.07, 6.45) is 5.77. The Morgan fingerprint density at radius 3 is 2.53 bits per heavy atom. The van der Waals surface area contributed by atoms with Crippen molar-refractivity contribution in [2.24, 2.45) is 11.8 Å². The van der Waals surface area contributed by atoms with Crippen molar-refractivity contribution in [2.75, 3.05) is 0 Å². The van der Waals surface area contributed by atoms with Crippen LogP contribution in [0.25, 0.3) is 0 Å². The predicted molar refractivity (Wildman–Crippen MR) is 76.8 cm³/mol. The van der Waals surface area contributed by atoms with Gasteiger partial charge in [-0.3, -0.25) is 4.79 Å². The zero-order valence-electron chi connectivity index (χ0n) is 13.2. The van der Waals surface area contributed by atoms with Crippen LogP contribution in [-0.2, 0) is 9.53 Å². The number of rotatable bonds is 3. The number of esters is 1. The first-order valence-electron chi connectivity index (χ1n) is 7.63. The fourth-order valence-electron chi connectivity index (χ4n) is 2.87. The van der Waals surface area contributed by atoms with Crippen LogP contribution in [0, 0.1) is 11.8 Å². The van der Waals surface area contributed by atoms with E-state index in [1.807, 2.05) is 20.8 Å². The van der Waals surface area contributed by atoms with E-state index < -0.39 is 17.1 Å². The standard InChI is InChI=1S/C16H30O3/c1-6-13-8-7-10-16(18,11-9-13)12(2)14(17)19-15(3,4)5/h12-13,18H,6-11H2,1-5H3. The quantitative estimate of drug-likeness (QED) is 0.628. The largest absolute Gasteiger partial charge is 0.460 e. The normalized spacial score (nSPS) is 30.5. The van der Waals surface area contributed by atoms with E-state index in [0.717, 1.165) is 19.3 Å². The molecule has 112 valence electrons. The first-order chi connectivity index (χ1) is 8.68. The molecule has 1 fully saturated rings. The Bertz CT molecular complexity index is 306. The highest BCUT2D eigenvalue weighted by atomic mass is 16.6. The Kier molecular flexibility index (Phi) is 5.43. The lowest BCUT2D eigenvalue weighted by atomic mass is 9.82. The van der Waals surface area contributed by atoms with Crippen LogP contribution in [0.5, 0.6) is 0 Å². The Morgan fingerprint density at radius 1 is 1.37 bits per heavy atom. The lowest BCUT2D eigenvalue weighted by molar-refractivity contribution is -0.169. The van der Waals surface area contributed by atoms with Crippen LogP contribution in [0.2, 0.25) is 0 Å². The van der Waals surface area contributed by atoms with Crippen molar-refractivity contribution in [2.45, 2.75) is 84.3 Å². The maximum Gasteiger partial charge on any atom is 0.312 e. The number of hydrogen-bond acceptors (Lipinski definition) is 3. The molecular formula is C16H30O3. The summed E-state index contributed by atoms with van der Waals surface area (Å²) in [5.74, 6) is -0.0212. The molecule has 19 heavy (non-hydrogen) atoms. The minimum Gasteiger partial charge on any atom is -0.460 e. The van der Waals surface area contributed by atoms with Crippen molar-refractivity contribution >= 4 is 5.97 Å². The molecule has 0 saturated heterocycles. The molecule has 0 heterocycles. The Morgan fingerprint density at radius 2 is 2.00 bits per heavy atom. The maximum absolute atomic E-state index is 12.1. The zero-order chi connectivity index (χ0) is 14.7. The number of aliphatic hydroxyl groups is 1. The summed E-state index contributed by atoms with van der Waals surface area (Å²) in [5.41, 5.74) is -1.37. The van der Waals surface area contributed by atoms with Crippen LogP contribution in [0.15, 0.2) is 0 Å². The van der Waals surface area contributed by atoms with Gasteiger partial charge in [0, 0.05) is 0 Å². The smallest absolute Gasteiger partial charge is 0.312 e. The summed E-state index contributed by atoms with van der Waals surface area (Å²) < 4.78 is 5.41. The lowest BCUT2D eigenvalue weighted by Crippen LogP contribution is -2.43. The Balaban J connectivity index is 2.68. The summed E-state index contributed by atoms with van der Waals surface area (Å²) in [4.78, 5) is 12.1. The zero-order valence-corrected chi connectivity index (χ0v) is 13.2. The van der Waals surface area contributed by atoms with E-state index in [2.05, 4.69) is 6.92 Å². The SMILES string of the molecule is CCC1CCCC(O)(C(C)C(=O)OC(C)(C)C)CC1. The molecular weight excluding hydrogens is 240 g/mol. The van der Waals surface area contributed by atoms with Crippen LogP contribution in [-0.4, -0.2) is 22.3 Å². The van der Waals surface area contributed by atoms with E-state index in [0.29, 0.717) is 18.8 Å². The summed E-state index contributed by atoms with van der Waals surface area (Å²) in [6.45, 7) is 9.60. The first kappa shape index (κ1) is 16.5. The summed E-state index contributed by atoms with van der Waals surface area (Å²) in [6, 6.07) is 0. The average Bonchev–Trinajstić information content (AvgIpc) is 2.48. The minimum absolute atomic E-state index is 0.273. The summed E-state index contributed by atoms with van der Waals surface area (Å²) >= 11 is 0. The third-order valence-corrected chi connectivity index (χ3v) is 4.35. The molecule has 0 aromatic rings. The molecule has 0 radical (unpaired) electrons. The van der Waals surface area contributed by atoms with Gasteiger partial charge >= 0.3 is 5.97 Å². The van der Waals surface area contributed by atoms with Crippen molar-refractivity contribution in [3.8, 4) is 0 Å². The molecule has 1 saturated carbocycles. The first-order valence-corrected chi connectivity index (χ1v) is 7.63. The van der Waals surface area contributed by atoms with E-state index in [-0.39, 0.29) is 5.97 Å². The highest BCUT2D eigenvalue weighted by molar-refractivity contribution is 5.73. The predicted octanol–water partition coefficient (Wildman–Crippen LogP) is 3.69. The molecule has 0 aliphatic heterocycles. The number of carbonyl (C=O) groups is 1. The lowest BCUT2D eigenvalue weighted by Gasteiger charge is -2.33. The van der Waals surface area contributed by atoms with Gasteiger partial charge in [-0.1, -0.05) is 26.2 Å². The van der Waals surface area contributed by atoms with Gasteiger partial charge in [0.15, 0.2) is 0 Å². The molecule has 1 aliphatic rings. The van der Waals surface area contributed by atoms with Crippen LogP contribution >= 0.6 is 0 Å². The third kappa shape index (κ3) is 4.79. The van der Waals surface area contributed by atoms with Crippen molar-refractivity contribution in [1.82, 2.24) is 0 Å². The fraction of sp³-hybridized carbons (Fsp3) is 0.938. The summed E-state index contributed by atoms with van der Waals surface area (Å²) in [7, 11) is 0. The Labute approximate surface area is 117 Å². The number of ether oxygens (including phenoxy) is 1. The monoisotopic (exact) mass is 270 g/mol. The molecule has 3 heteroatoms. The molecule has 1 rings (SSSR count). The molecule has 0 aromatic carbocycles. The molecule has 3 atom stereocenters. The maximum atomic E-state index is 12.1. The van der Waals surface area contributed by atoms with E-state index in [1.165, 1.54) is 6.42 Å². The van der Waals surface area contributed by atoms with E-state index in [4.69, 9.17) is 4.74 Å². The van der Waals surface area contributed by atoms with Gasteiger partial charge in [-0.2, -0.15) is 0 Å². The molecule has 0 spiro atoms. The van der Waals surface area contributed by atoms with Gasteiger partial charge in [-0.05, 0) is 52.9 Å². The van der Waals surface area contributed by atoms with Gasteiger partial charge < -0.3 is 9.84 Å². The van der Waals surface area contributed by atoms with Crippen LogP contribution in [0.1, 0.15) is 73.1 Å². The molecule has 0 aromatic heterocycles. The van der Waals surface area contributed by atoms with Crippen LogP contribution < -0.4 is 0 Å². The van der Waals surface area contributed by atoms with Gasteiger partial charge in [-0.15, -0.1) is 0 Å². The Hall–Kier alpha value is -0.570. The second-order valence-corrected chi connectivity index (χ2v) is 7.06. The van der Waals surface area contributed by atoms with Crippen LogP contribution in [0.3, 0.4) is 0 Å². The molecule has 3 nitrogen and oxygen atoms in total. The van der Waals surface area contributed by atoms with Gasteiger partial charge in [0.25, 0.3) is 0 Å². The van der Waals surface area contributed by atoms with Crippen molar-refractivity contribution < 1.29 is 14.6 Å². The highest BCUT2D eigenvalue weighted by Crippen LogP contribution is 2.37. The molecule has 1 N–H and O–H groups in total. The van der Waals surface area contributed by atoms with E-state index in [9.17, 15) is 9.90 Å². The van der Waals surface area contributed by atoms with E-state index in [1.54, 1.807) is 6.92 Å².